The van der Waals surface area contributed by atoms with Gasteiger partial charge in [-0.25, -0.2) is 0 Å². The van der Waals surface area contributed by atoms with Crippen LogP contribution in [0, 0.1) is 0 Å². The van der Waals surface area contributed by atoms with Crippen molar-refractivity contribution in [1.82, 2.24) is 0 Å². The first-order chi connectivity index (χ1) is 7.45. The average molecular weight is 299 g/mol. The van der Waals surface area contributed by atoms with Gasteiger partial charge in [0.15, 0.2) is 0 Å². The van der Waals surface area contributed by atoms with Gasteiger partial charge in [-0.2, -0.15) is 13.2 Å². The molecule has 0 aromatic heterocycles. The Morgan fingerprint density at radius 3 is 2.44 bits per heavy atom. The maximum Gasteiger partial charge on any atom is 0.417 e. The Morgan fingerprint density at radius 1 is 1.25 bits per heavy atom. The summed E-state index contributed by atoms with van der Waals surface area (Å²) in [4.78, 5) is 0. The molecule has 0 atom stereocenters. The van der Waals surface area contributed by atoms with E-state index in [1.807, 2.05) is 0 Å². The van der Waals surface area contributed by atoms with Crippen molar-refractivity contribution in [2.24, 2.45) is 0 Å². The van der Waals surface area contributed by atoms with Gasteiger partial charge in [-0.05, 0) is 18.2 Å². The zero-order valence-corrected chi connectivity index (χ0v) is 10.1. The van der Waals surface area contributed by atoms with E-state index in [0.717, 1.165) is 6.07 Å². The van der Waals surface area contributed by atoms with Crippen molar-refractivity contribution in [3.8, 4) is 5.75 Å². The third-order valence-electron chi connectivity index (χ3n) is 1.80. The van der Waals surface area contributed by atoms with E-state index in [-0.39, 0.29) is 4.47 Å². The molecule has 16 heavy (non-hydrogen) atoms. The summed E-state index contributed by atoms with van der Waals surface area (Å²) < 4.78 is 47.1. The number of rotatable bonds is 4. The quantitative estimate of drug-likeness (QED) is 0.792. The van der Waals surface area contributed by atoms with Gasteiger partial charge in [-0.1, -0.05) is 15.9 Å². The monoisotopic (exact) mass is 298 g/mol. The summed E-state index contributed by atoms with van der Waals surface area (Å²) in [6.07, 6.45) is -4.36. The van der Waals surface area contributed by atoms with E-state index >= 15 is 0 Å². The molecule has 1 rings (SSSR count). The van der Waals surface area contributed by atoms with E-state index < -0.39 is 11.7 Å². The summed E-state index contributed by atoms with van der Waals surface area (Å²) in [5.41, 5.74) is -0.716. The Morgan fingerprint density at radius 2 is 1.94 bits per heavy atom. The van der Waals surface area contributed by atoms with Crippen LogP contribution in [0.25, 0.3) is 0 Å². The molecule has 0 spiro atoms. The van der Waals surface area contributed by atoms with Gasteiger partial charge in [-0.3, -0.25) is 0 Å². The van der Waals surface area contributed by atoms with E-state index in [1.165, 1.54) is 19.2 Å². The highest BCUT2D eigenvalue weighted by atomic mass is 79.9. The van der Waals surface area contributed by atoms with Crippen molar-refractivity contribution < 1.29 is 22.6 Å². The smallest absolute Gasteiger partial charge is 0.417 e. The molecule has 0 saturated carbocycles. The second-order valence-electron chi connectivity index (χ2n) is 2.98. The lowest BCUT2D eigenvalue weighted by atomic mass is 10.2. The van der Waals surface area contributed by atoms with Crippen molar-refractivity contribution in [2.45, 2.75) is 6.18 Å². The fraction of sp³-hybridized carbons (Fsp3) is 0.400. The normalized spacial score (nSPS) is 11.6. The lowest BCUT2D eigenvalue weighted by Gasteiger charge is -2.11. The van der Waals surface area contributed by atoms with Gasteiger partial charge in [0.1, 0.15) is 12.4 Å². The standard InChI is InChI=1S/C10H10BrF3O2/c1-15-4-5-16-7-2-3-8(9(11)6-7)10(12,13)14/h2-3,6H,4-5H2,1H3. The first kappa shape index (κ1) is 13.3. The highest BCUT2D eigenvalue weighted by molar-refractivity contribution is 9.10. The topological polar surface area (TPSA) is 18.5 Å². The van der Waals surface area contributed by atoms with Crippen LogP contribution >= 0.6 is 15.9 Å². The van der Waals surface area contributed by atoms with Gasteiger partial charge in [0, 0.05) is 11.6 Å². The van der Waals surface area contributed by atoms with Crippen molar-refractivity contribution in [3.05, 3.63) is 28.2 Å². The fourth-order valence-corrected chi connectivity index (χ4v) is 1.64. The number of methoxy groups -OCH3 is 1. The summed E-state index contributed by atoms with van der Waals surface area (Å²) in [5, 5.41) is 0. The predicted molar refractivity (Wildman–Crippen MR) is 56.5 cm³/mol. The minimum Gasteiger partial charge on any atom is -0.491 e. The minimum atomic E-state index is -4.36. The van der Waals surface area contributed by atoms with Crippen LogP contribution in [-0.2, 0) is 10.9 Å². The van der Waals surface area contributed by atoms with Gasteiger partial charge < -0.3 is 9.47 Å². The number of hydrogen-bond donors (Lipinski definition) is 0. The molecule has 1 aromatic carbocycles. The molecule has 0 amide bonds. The summed E-state index contributed by atoms with van der Waals surface area (Å²) in [6.45, 7) is 0.687. The molecule has 0 aliphatic rings. The van der Waals surface area contributed by atoms with Crippen LogP contribution in [-0.4, -0.2) is 20.3 Å². The predicted octanol–water partition coefficient (Wildman–Crippen LogP) is 3.49. The molecule has 0 fully saturated rings. The van der Waals surface area contributed by atoms with Gasteiger partial charge in [-0.15, -0.1) is 0 Å². The first-order valence-corrected chi connectivity index (χ1v) is 5.23. The Kier molecular flexibility index (Phi) is 4.61. The van der Waals surface area contributed by atoms with E-state index in [9.17, 15) is 13.2 Å². The molecule has 0 unspecified atom stereocenters. The summed E-state index contributed by atoms with van der Waals surface area (Å²) in [5.74, 6) is 0.372. The van der Waals surface area contributed by atoms with Crippen molar-refractivity contribution in [3.63, 3.8) is 0 Å². The number of hydrogen-bond acceptors (Lipinski definition) is 2. The van der Waals surface area contributed by atoms with Gasteiger partial charge in [0.2, 0.25) is 0 Å². The van der Waals surface area contributed by atoms with Crippen molar-refractivity contribution in [1.29, 1.82) is 0 Å². The van der Waals surface area contributed by atoms with Gasteiger partial charge >= 0.3 is 6.18 Å². The maximum absolute atomic E-state index is 12.4. The SMILES string of the molecule is COCCOc1ccc(C(F)(F)F)c(Br)c1. The summed E-state index contributed by atoms with van der Waals surface area (Å²) in [7, 11) is 1.52. The van der Waals surface area contributed by atoms with Crippen LogP contribution in [0.2, 0.25) is 0 Å². The second-order valence-corrected chi connectivity index (χ2v) is 3.84. The maximum atomic E-state index is 12.4. The van der Waals surface area contributed by atoms with Crippen LogP contribution in [0.1, 0.15) is 5.56 Å². The molecular weight excluding hydrogens is 289 g/mol. The molecule has 90 valence electrons. The number of halogens is 4. The largest absolute Gasteiger partial charge is 0.491 e. The first-order valence-electron chi connectivity index (χ1n) is 4.43. The Hall–Kier alpha value is -0.750. The highest BCUT2D eigenvalue weighted by Gasteiger charge is 2.32. The van der Waals surface area contributed by atoms with Gasteiger partial charge in [0.25, 0.3) is 0 Å². The zero-order chi connectivity index (χ0) is 12.2. The average Bonchev–Trinajstić information content (AvgIpc) is 2.16. The molecule has 0 N–H and O–H groups in total. The van der Waals surface area contributed by atoms with Crippen LogP contribution in [0.15, 0.2) is 22.7 Å². The highest BCUT2D eigenvalue weighted by Crippen LogP contribution is 2.36. The molecule has 0 heterocycles. The molecule has 0 saturated heterocycles. The van der Waals surface area contributed by atoms with Crippen molar-refractivity contribution in [2.75, 3.05) is 20.3 Å². The Labute approximate surface area is 99.5 Å². The van der Waals surface area contributed by atoms with Crippen LogP contribution < -0.4 is 4.74 Å². The van der Waals surface area contributed by atoms with Crippen LogP contribution in [0.3, 0.4) is 0 Å². The van der Waals surface area contributed by atoms with Crippen molar-refractivity contribution >= 4 is 15.9 Å². The third kappa shape index (κ3) is 3.68. The molecule has 0 radical (unpaired) electrons. The molecule has 6 heteroatoms. The van der Waals surface area contributed by atoms with E-state index in [4.69, 9.17) is 9.47 Å². The molecule has 0 aliphatic heterocycles. The fourth-order valence-electron chi connectivity index (χ4n) is 1.06. The molecular formula is C10H10BrF3O2. The molecule has 1 aromatic rings. The molecule has 0 aliphatic carbocycles. The third-order valence-corrected chi connectivity index (χ3v) is 2.46. The second kappa shape index (κ2) is 5.54. The molecule has 0 bridgehead atoms. The summed E-state index contributed by atoms with van der Waals surface area (Å²) >= 11 is 2.86. The van der Waals surface area contributed by atoms with E-state index in [0.29, 0.717) is 19.0 Å². The lowest BCUT2D eigenvalue weighted by molar-refractivity contribution is -0.138. The number of alkyl halides is 3. The lowest BCUT2D eigenvalue weighted by Crippen LogP contribution is -2.07. The van der Waals surface area contributed by atoms with E-state index in [1.54, 1.807) is 0 Å². The number of benzene rings is 1. The van der Waals surface area contributed by atoms with E-state index in [2.05, 4.69) is 15.9 Å². The zero-order valence-electron chi connectivity index (χ0n) is 8.47. The number of ether oxygens (including phenoxy) is 2. The Bertz CT molecular complexity index is 352. The summed E-state index contributed by atoms with van der Waals surface area (Å²) in [6, 6.07) is 3.55. The van der Waals surface area contributed by atoms with Crippen LogP contribution in [0.5, 0.6) is 5.75 Å². The minimum absolute atomic E-state index is 0.0325. The van der Waals surface area contributed by atoms with Gasteiger partial charge in [0.05, 0.1) is 12.2 Å². The Balaban J connectivity index is 2.75. The van der Waals surface area contributed by atoms with Crippen LogP contribution in [0.4, 0.5) is 13.2 Å². The molecule has 2 nitrogen and oxygen atoms in total.